The van der Waals surface area contributed by atoms with Gasteiger partial charge in [-0.1, -0.05) is 37.6 Å². The molecule has 0 radical (unpaired) electrons. The highest BCUT2D eigenvalue weighted by molar-refractivity contribution is 7.98. The predicted molar refractivity (Wildman–Crippen MR) is 113 cm³/mol. The van der Waals surface area contributed by atoms with E-state index in [9.17, 15) is 0 Å². The molecule has 0 saturated carbocycles. The summed E-state index contributed by atoms with van der Waals surface area (Å²) in [5.74, 6) is 2.01. The standard InChI is InChI=1S/C21H26ClN3S/c1-3-24(4-2)14-7-15-25-20-9-6-5-8-19(20)23-21(25)16-26-18-12-10-17(22)11-13-18/h5-6,8-13H,3-4,7,14-16H2,1-2H3. The molecule has 0 aliphatic heterocycles. The van der Waals surface area contributed by atoms with E-state index in [1.807, 2.05) is 23.9 Å². The predicted octanol–water partition coefficient (Wildman–Crippen LogP) is 5.71. The molecule has 0 N–H and O–H groups in total. The van der Waals surface area contributed by atoms with Gasteiger partial charge in [0.15, 0.2) is 0 Å². The average Bonchev–Trinajstić information content (AvgIpc) is 3.02. The molecule has 0 amide bonds. The van der Waals surface area contributed by atoms with Gasteiger partial charge in [-0.3, -0.25) is 0 Å². The number of aryl methyl sites for hydroxylation is 1. The van der Waals surface area contributed by atoms with E-state index >= 15 is 0 Å². The SMILES string of the molecule is CCN(CC)CCCn1c(CSc2ccc(Cl)cc2)nc2ccccc21. The topological polar surface area (TPSA) is 21.1 Å². The maximum atomic E-state index is 5.98. The van der Waals surface area contributed by atoms with Gasteiger partial charge in [-0.25, -0.2) is 4.98 Å². The van der Waals surface area contributed by atoms with Crippen LogP contribution >= 0.6 is 23.4 Å². The van der Waals surface area contributed by atoms with Gasteiger partial charge in [0, 0.05) is 16.5 Å². The molecule has 0 atom stereocenters. The zero-order chi connectivity index (χ0) is 18.4. The van der Waals surface area contributed by atoms with Gasteiger partial charge < -0.3 is 9.47 Å². The van der Waals surface area contributed by atoms with Crippen LogP contribution in [0.4, 0.5) is 0 Å². The molecule has 0 unspecified atom stereocenters. The summed E-state index contributed by atoms with van der Waals surface area (Å²) in [6.45, 7) is 8.81. The van der Waals surface area contributed by atoms with Crippen LogP contribution in [0.15, 0.2) is 53.4 Å². The summed E-state index contributed by atoms with van der Waals surface area (Å²) in [5, 5.41) is 0.776. The van der Waals surface area contributed by atoms with Gasteiger partial charge >= 0.3 is 0 Å². The van der Waals surface area contributed by atoms with Crippen LogP contribution < -0.4 is 0 Å². The molecule has 0 bridgehead atoms. The molecule has 3 rings (SSSR count). The number of aromatic nitrogens is 2. The number of benzene rings is 2. The van der Waals surface area contributed by atoms with Crippen LogP contribution in [0.1, 0.15) is 26.1 Å². The lowest BCUT2D eigenvalue weighted by Crippen LogP contribution is -2.25. The molecule has 0 fully saturated rings. The van der Waals surface area contributed by atoms with E-state index in [1.54, 1.807) is 0 Å². The summed E-state index contributed by atoms with van der Waals surface area (Å²) in [6, 6.07) is 16.5. The maximum Gasteiger partial charge on any atom is 0.120 e. The summed E-state index contributed by atoms with van der Waals surface area (Å²) in [5.41, 5.74) is 2.32. The number of halogens is 1. The van der Waals surface area contributed by atoms with E-state index < -0.39 is 0 Å². The minimum Gasteiger partial charge on any atom is -0.327 e. The highest BCUT2D eigenvalue weighted by Crippen LogP contribution is 2.26. The third kappa shape index (κ3) is 4.81. The van der Waals surface area contributed by atoms with Crippen LogP contribution in [0.5, 0.6) is 0 Å². The smallest absolute Gasteiger partial charge is 0.120 e. The van der Waals surface area contributed by atoms with Crippen molar-refractivity contribution < 1.29 is 0 Å². The van der Waals surface area contributed by atoms with Crippen molar-refractivity contribution in [3.05, 3.63) is 59.4 Å². The Balaban J connectivity index is 1.74. The number of para-hydroxylation sites is 2. The number of nitrogens with zero attached hydrogens (tertiary/aromatic N) is 3. The Morgan fingerprint density at radius 2 is 1.77 bits per heavy atom. The van der Waals surface area contributed by atoms with Crippen molar-refractivity contribution in [2.75, 3.05) is 19.6 Å². The first-order valence-corrected chi connectivity index (χ1v) is 10.6. The summed E-state index contributed by atoms with van der Waals surface area (Å²) in [6.07, 6.45) is 1.14. The molecule has 0 spiro atoms. The Hall–Kier alpha value is -1.49. The lowest BCUT2D eigenvalue weighted by molar-refractivity contribution is 0.293. The van der Waals surface area contributed by atoms with Crippen molar-refractivity contribution in [2.24, 2.45) is 0 Å². The van der Waals surface area contributed by atoms with Crippen molar-refractivity contribution in [1.82, 2.24) is 14.5 Å². The molecule has 3 aromatic rings. The van der Waals surface area contributed by atoms with E-state index in [1.165, 1.54) is 10.4 Å². The third-order valence-corrected chi connectivity index (χ3v) is 5.93. The summed E-state index contributed by atoms with van der Waals surface area (Å²) >= 11 is 7.79. The number of hydrogen-bond donors (Lipinski definition) is 0. The first-order valence-electron chi connectivity index (χ1n) is 9.26. The number of hydrogen-bond acceptors (Lipinski definition) is 3. The van der Waals surface area contributed by atoms with Crippen molar-refractivity contribution in [3.63, 3.8) is 0 Å². The zero-order valence-electron chi connectivity index (χ0n) is 15.5. The van der Waals surface area contributed by atoms with Gasteiger partial charge in [0.25, 0.3) is 0 Å². The van der Waals surface area contributed by atoms with Crippen molar-refractivity contribution in [1.29, 1.82) is 0 Å². The fourth-order valence-corrected chi connectivity index (χ4v) is 4.13. The largest absolute Gasteiger partial charge is 0.327 e. The normalized spacial score (nSPS) is 11.5. The van der Waals surface area contributed by atoms with E-state index in [4.69, 9.17) is 16.6 Å². The van der Waals surface area contributed by atoms with Gasteiger partial charge in [0.2, 0.25) is 0 Å². The van der Waals surface area contributed by atoms with Gasteiger partial charge in [0.1, 0.15) is 5.82 Å². The molecule has 0 aliphatic rings. The molecule has 138 valence electrons. The molecule has 26 heavy (non-hydrogen) atoms. The first-order chi connectivity index (χ1) is 12.7. The van der Waals surface area contributed by atoms with Crippen LogP contribution in [0, 0.1) is 0 Å². The number of imidazole rings is 1. The third-order valence-electron chi connectivity index (χ3n) is 4.67. The van der Waals surface area contributed by atoms with Crippen molar-refractivity contribution in [3.8, 4) is 0 Å². The number of fused-ring (bicyclic) bond motifs is 1. The number of thioether (sulfide) groups is 1. The highest BCUT2D eigenvalue weighted by atomic mass is 35.5. The zero-order valence-corrected chi connectivity index (χ0v) is 17.1. The van der Waals surface area contributed by atoms with E-state index in [0.717, 1.165) is 54.7 Å². The second-order valence-electron chi connectivity index (χ2n) is 6.29. The fraction of sp³-hybridized carbons (Fsp3) is 0.381. The Kier molecular flexibility index (Phi) is 7.00. The van der Waals surface area contributed by atoms with Crippen molar-refractivity contribution in [2.45, 2.75) is 37.5 Å². The van der Waals surface area contributed by atoms with Gasteiger partial charge in [-0.05, 0) is 62.5 Å². The molecule has 3 nitrogen and oxygen atoms in total. The summed E-state index contributed by atoms with van der Waals surface area (Å²) in [7, 11) is 0. The van der Waals surface area contributed by atoms with Crippen molar-refractivity contribution >= 4 is 34.4 Å². The Bertz CT molecular complexity index is 825. The molecular formula is C21H26ClN3S. The van der Waals surface area contributed by atoms with Crippen LogP contribution in [0.3, 0.4) is 0 Å². The maximum absolute atomic E-state index is 5.98. The van der Waals surface area contributed by atoms with Gasteiger partial charge in [-0.2, -0.15) is 0 Å². The minimum absolute atomic E-state index is 0.776. The lowest BCUT2D eigenvalue weighted by Gasteiger charge is -2.18. The van der Waals surface area contributed by atoms with E-state index in [-0.39, 0.29) is 0 Å². The highest BCUT2D eigenvalue weighted by Gasteiger charge is 2.11. The molecule has 0 saturated heterocycles. The van der Waals surface area contributed by atoms with E-state index in [2.05, 4.69) is 59.7 Å². The monoisotopic (exact) mass is 387 g/mol. The van der Waals surface area contributed by atoms with Crippen LogP contribution in [-0.4, -0.2) is 34.1 Å². The van der Waals surface area contributed by atoms with Crippen LogP contribution in [-0.2, 0) is 12.3 Å². The Labute approximate surface area is 165 Å². The quantitative estimate of drug-likeness (QED) is 0.438. The fourth-order valence-electron chi connectivity index (χ4n) is 3.16. The average molecular weight is 388 g/mol. The minimum atomic E-state index is 0.776. The molecule has 1 heterocycles. The second-order valence-corrected chi connectivity index (χ2v) is 7.78. The Morgan fingerprint density at radius 3 is 2.50 bits per heavy atom. The van der Waals surface area contributed by atoms with Crippen LogP contribution in [0.25, 0.3) is 11.0 Å². The summed E-state index contributed by atoms with van der Waals surface area (Å²) in [4.78, 5) is 8.58. The molecule has 1 aromatic heterocycles. The molecule has 0 aliphatic carbocycles. The van der Waals surface area contributed by atoms with Crippen LogP contribution in [0.2, 0.25) is 5.02 Å². The summed E-state index contributed by atoms with van der Waals surface area (Å²) < 4.78 is 2.39. The van der Waals surface area contributed by atoms with Gasteiger partial charge in [0.05, 0.1) is 16.8 Å². The van der Waals surface area contributed by atoms with Gasteiger partial charge in [-0.15, -0.1) is 11.8 Å². The number of rotatable bonds is 9. The molecular weight excluding hydrogens is 362 g/mol. The lowest BCUT2D eigenvalue weighted by atomic mass is 10.3. The second kappa shape index (κ2) is 9.45. The first kappa shape index (κ1) is 19.3. The Morgan fingerprint density at radius 1 is 1.04 bits per heavy atom. The molecule has 2 aromatic carbocycles. The van der Waals surface area contributed by atoms with E-state index in [0.29, 0.717) is 0 Å². The molecule has 5 heteroatoms.